The number of aromatic amines is 1. The van der Waals surface area contributed by atoms with E-state index in [1.807, 2.05) is 29.9 Å². The highest BCUT2D eigenvalue weighted by Crippen LogP contribution is 2.24. The van der Waals surface area contributed by atoms with Gasteiger partial charge in [0, 0.05) is 17.8 Å². The second kappa shape index (κ2) is 7.05. The highest BCUT2D eigenvalue weighted by molar-refractivity contribution is 6.32. The summed E-state index contributed by atoms with van der Waals surface area (Å²) >= 11 is 6.11. The fraction of sp³-hybridized carbons (Fsp3) is 0.167. The molecule has 0 bridgehead atoms. The maximum atomic E-state index is 8.98. The van der Waals surface area contributed by atoms with E-state index in [9.17, 15) is 0 Å². The van der Waals surface area contributed by atoms with Crippen molar-refractivity contribution >= 4 is 28.6 Å². The van der Waals surface area contributed by atoms with Crippen molar-refractivity contribution in [2.24, 2.45) is 0 Å². The normalized spacial score (nSPS) is 12.0. The molecule has 134 valence electrons. The number of imidazole rings is 1. The Morgan fingerprint density at radius 2 is 2.19 bits per heavy atom. The smallest absolute Gasteiger partial charge is 0.182 e. The summed E-state index contributed by atoms with van der Waals surface area (Å²) in [5.74, 6) is 0.705. The monoisotopic (exact) mass is 378 g/mol. The van der Waals surface area contributed by atoms with Crippen LogP contribution in [-0.4, -0.2) is 35.8 Å². The molecular formula is C18H15ClN8. The summed E-state index contributed by atoms with van der Waals surface area (Å²) in [5.41, 5.74) is 3.52. The number of anilines is 1. The minimum absolute atomic E-state index is 0.0729. The highest BCUT2D eigenvalue weighted by Gasteiger charge is 2.11. The number of nitrogens with zero attached hydrogens (tertiary/aromatic N) is 6. The van der Waals surface area contributed by atoms with Crippen molar-refractivity contribution in [2.45, 2.75) is 19.5 Å². The summed E-state index contributed by atoms with van der Waals surface area (Å²) in [4.78, 5) is 15.6. The number of rotatable bonds is 5. The van der Waals surface area contributed by atoms with E-state index in [0.29, 0.717) is 28.6 Å². The molecule has 8 nitrogen and oxygen atoms in total. The SMILES string of the molecule is C[C@H](Cn1ccc(-c2ccc(C#N)c(Cl)c2)n1)Nc1ncnc2nc[nH]c12. The summed E-state index contributed by atoms with van der Waals surface area (Å²) in [5, 5.41) is 17.3. The third kappa shape index (κ3) is 3.45. The number of nitriles is 1. The number of halogens is 1. The van der Waals surface area contributed by atoms with Crippen molar-refractivity contribution in [1.29, 1.82) is 5.26 Å². The van der Waals surface area contributed by atoms with E-state index in [0.717, 1.165) is 16.8 Å². The quantitative estimate of drug-likeness (QED) is 0.552. The van der Waals surface area contributed by atoms with Crippen molar-refractivity contribution < 1.29 is 0 Å². The van der Waals surface area contributed by atoms with Gasteiger partial charge in [0.1, 0.15) is 17.9 Å². The van der Waals surface area contributed by atoms with Crippen molar-refractivity contribution in [1.82, 2.24) is 29.7 Å². The number of aromatic nitrogens is 6. The Morgan fingerprint density at radius 3 is 3.00 bits per heavy atom. The topological polar surface area (TPSA) is 108 Å². The average molecular weight is 379 g/mol. The largest absolute Gasteiger partial charge is 0.364 e. The molecule has 3 heterocycles. The fourth-order valence-electron chi connectivity index (χ4n) is 2.82. The Balaban J connectivity index is 1.48. The first-order valence-corrected chi connectivity index (χ1v) is 8.66. The van der Waals surface area contributed by atoms with E-state index in [-0.39, 0.29) is 6.04 Å². The fourth-order valence-corrected chi connectivity index (χ4v) is 3.04. The second-order valence-electron chi connectivity index (χ2n) is 6.10. The Labute approximate surface area is 159 Å². The molecule has 3 aromatic heterocycles. The number of fused-ring (bicyclic) bond motifs is 1. The van der Waals surface area contributed by atoms with Crippen LogP contribution in [0, 0.1) is 11.3 Å². The molecule has 0 saturated carbocycles. The average Bonchev–Trinajstić information content (AvgIpc) is 3.31. The van der Waals surface area contributed by atoms with Crippen LogP contribution in [-0.2, 0) is 6.54 Å². The molecule has 9 heteroatoms. The van der Waals surface area contributed by atoms with Crippen molar-refractivity contribution in [3.05, 3.63) is 53.7 Å². The zero-order chi connectivity index (χ0) is 18.8. The highest BCUT2D eigenvalue weighted by atomic mass is 35.5. The van der Waals surface area contributed by atoms with Crippen LogP contribution in [0.3, 0.4) is 0 Å². The molecule has 4 rings (SSSR count). The third-order valence-corrected chi connectivity index (χ3v) is 4.41. The molecule has 0 unspecified atom stereocenters. The Kier molecular flexibility index (Phi) is 4.44. The molecule has 0 saturated heterocycles. The summed E-state index contributed by atoms with van der Waals surface area (Å²) < 4.78 is 1.85. The van der Waals surface area contributed by atoms with Gasteiger partial charge in [0.25, 0.3) is 0 Å². The molecule has 1 aromatic carbocycles. The van der Waals surface area contributed by atoms with Crippen LogP contribution in [0.15, 0.2) is 43.1 Å². The predicted molar refractivity (Wildman–Crippen MR) is 102 cm³/mol. The lowest BCUT2D eigenvalue weighted by Crippen LogP contribution is -2.23. The molecule has 0 aliphatic heterocycles. The van der Waals surface area contributed by atoms with E-state index in [1.54, 1.807) is 18.5 Å². The van der Waals surface area contributed by atoms with E-state index in [2.05, 4.69) is 36.4 Å². The van der Waals surface area contributed by atoms with Gasteiger partial charge in [0.15, 0.2) is 11.5 Å². The van der Waals surface area contributed by atoms with Gasteiger partial charge in [-0.15, -0.1) is 0 Å². The lowest BCUT2D eigenvalue weighted by Gasteiger charge is -2.14. The lowest BCUT2D eigenvalue weighted by atomic mass is 10.1. The van der Waals surface area contributed by atoms with Gasteiger partial charge in [-0.2, -0.15) is 10.4 Å². The van der Waals surface area contributed by atoms with Crippen molar-refractivity contribution in [3.63, 3.8) is 0 Å². The van der Waals surface area contributed by atoms with Crippen LogP contribution in [0.1, 0.15) is 12.5 Å². The maximum absolute atomic E-state index is 8.98. The van der Waals surface area contributed by atoms with E-state index >= 15 is 0 Å². The first-order chi connectivity index (χ1) is 13.1. The molecule has 0 amide bonds. The minimum atomic E-state index is 0.0729. The molecule has 27 heavy (non-hydrogen) atoms. The van der Waals surface area contributed by atoms with Gasteiger partial charge in [-0.3, -0.25) is 4.68 Å². The zero-order valence-electron chi connectivity index (χ0n) is 14.4. The summed E-state index contributed by atoms with van der Waals surface area (Å²) in [7, 11) is 0. The van der Waals surface area contributed by atoms with E-state index in [4.69, 9.17) is 16.9 Å². The molecule has 1 atom stereocenters. The van der Waals surface area contributed by atoms with Crippen LogP contribution < -0.4 is 5.32 Å². The molecule has 0 aliphatic carbocycles. The first-order valence-electron chi connectivity index (χ1n) is 8.28. The number of benzene rings is 1. The van der Waals surface area contributed by atoms with Crippen molar-refractivity contribution in [3.8, 4) is 17.3 Å². The Morgan fingerprint density at radius 1 is 1.30 bits per heavy atom. The van der Waals surface area contributed by atoms with Gasteiger partial charge < -0.3 is 10.3 Å². The number of hydrogen-bond donors (Lipinski definition) is 2. The van der Waals surface area contributed by atoms with E-state index in [1.165, 1.54) is 6.33 Å². The molecule has 0 radical (unpaired) electrons. The first kappa shape index (κ1) is 17.0. The van der Waals surface area contributed by atoms with Crippen LogP contribution >= 0.6 is 11.6 Å². The number of nitrogens with one attached hydrogen (secondary N) is 2. The van der Waals surface area contributed by atoms with Gasteiger partial charge in [-0.1, -0.05) is 17.7 Å². The van der Waals surface area contributed by atoms with Gasteiger partial charge in [-0.25, -0.2) is 15.0 Å². The van der Waals surface area contributed by atoms with Gasteiger partial charge in [-0.05, 0) is 25.1 Å². The molecule has 0 fully saturated rings. The standard InChI is InChI=1S/C18H15ClN8/c1-11(25-18-16-17(22-9-21-16)23-10-24-18)8-27-5-4-15(26-27)12-2-3-13(7-20)14(19)6-12/h2-6,9-11H,8H2,1H3,(H2,21,22,23,24,25)/t11-/m1/s1. The molecule has 4 aromatic rings. The summed E-state index contributed by atoms with van der Waals surface area (Å²) in [6.07, 6.45) is 4.99. The number of hydrogen-bond acceptors (Lipinski definition) is 6. The van der Waals surface area contributed by atoms with Gasteiger partial charge in [0.05, 0.1) is 29.2 Å². The predicted octanol–water partition coefficient (Wildman–Crippen LogP) is 3.24. The van der Waals surface area contributed by atoms with Crippen molar-refractivity contribution in [2.75, 3.05) is 5.32 Å². The molecule has 0 aliphatic rings. The molecule has 0 spiro atoms. The third-order valence-electron chi connectivity index (χ3n) is 4.09. The minimum Gasteiger partial charge on any atom is -0.364 e. The Hall–Kier alpha value is -3.44. The zero-order valence-corrected chi connectivity index (χ0v) is 15.1. The van der Waals surface area contributed by atoms with Crippen LogP contribution in [0.5, 0.6) is 0 Å². The maximum Gasteiger partial charge on any atom is 0.182 e. The van der Waals surface area contributed by atoms with Crippen LogP contribution in [0.25, 0.3) is 22.4 Å². The van der Waals surface area contributed by atoms with Crippen LogP contribution in [0.4, 0.5) is 5.82 Å². The Bertz CT molecular complexity index is 1140. The second-order valence-corrected chi connectivity index (χ2v) is 6.51. The van der Waals surface area contributed by atoms with E-state index < -0.39 is 0 Å². The molecular weight excluding hydrogens is 364 g/mol. The van der Waals surface area contributed by atoms with Gasteiger partial charge >= 0.3 is 0 Å². The van der Waals surface area contributed by atoms with Crippen LogP contribution in [0.2, 0.25) is 5.02 Å². The lowest BCUT2D eigenvalue weighted by molar-refractivity contribution is 0.561. The molecule has 2 N–H and O–H groups in total. The number of H-pyrrole nitrogens is 1. The van der Waals surface area contributed by atoms with Gasteiger partial charge in [0.2, 0.25) is 0 Å². The summed E-state index contributed by atoms with van der Waals surface area (Å²) in [6, 6.07) is 9.34. The summed E-state index contributed by atoms with van der Waals surface area (Å²) in [6.45, 7) is 2.69.